The van der Waals surface area contributed by atoms with Crippen molar-refractivity contribution in [2.75, 3.05) is 10.6 Å². The Bertz CT molecular complexity index is 1670. The van der Waals surface area contributed by atoms with E-state index in [1.807, 2.05) is 31.2 Å². The fraction of sp³-hybridized carbons (Fsp3) is 0.147. The fourth-order valence-corrected chi connectivity index (χ4v) is 5.27. The van der Waals surface area contributed by atoms with E-state index < -0.39 is 34.7 Å². The lowest BCUT2D eigenvalue weighted by molar-refractivity contribution is -0.137. The number of alkyl halides is 3. The first-order valence-corrected chi connectivity index (χ1v) is 14.6. The lowest BCUT2D eigenvalue weighted by Gasteiger charge is -2.18. The number of carbonyl (C=O) groups is 3. The molecular weight excluding hydrogens is 587 g/mol. The van der Waals surface area contributed by atoms with Crippen molar-refractivity contribution in [2.24, 2.45) is 0 Å². The summed E-state index contributed by atoms with van der Waals surface area (Å²) in [6, 6.07) is 27.5. The Balaban J connectivity index is 1.51. The Morgan fingerprint density at radius 1 is 0.841 bits per heavy atom. The minimum Gasteiger partial charge on any atom is -0.325 e. The number of carbonyl (C=O) groups excluding carboxylic acids is 3. The van der Waals surface area contributed by atoms with E-state index in [0.29, 0.717) is 22.6 Å². The first-order valence-electron chi connectivity index (χ1n) is 13.7. The smallest absolute Gasteiger partial charge is 0.325 e. The highest BCUT2D eigenvalue weighted by molar-refractivity contribution is 8.00. The Kier molecular flexibility index (Phi) is 10.6. The molecule has 0 aliphatic carbocycles. The molecule has 0 fully saturated rings. The van der Waals surface area contributed by atoms with Crippen LogP contribution in [-0.4, -0.2) is 23.0 Å². The van der Waals surface area contributed by atoms with Crippen molar-refractivity contribution < 1.29 is 27.6 Å². The zero-order chi connectivity index (χ0) is 31.7. The maximum Gasteiger partial charge on any atom is 0.418 e. The van der Waals surface area contributed by atoms with E-state index in [0.717, 1.165) is 29.0 Å². The van der Waals surface area contributed by atoms with Crippen LogP contribution in [0.2, 0.25) is 0 Å². The van der Waals surface area contributed by atoms with Gasteiger partial charge < -0.3 is 16.0 Å². The molecule has 0 bridgehead atoms. The molecular formula is C34H30F3N3O3S. The molecule has 0 aliphatic heterocycles. The van der Waals surface area contributed by atoms with Gasteiger partial charge in [-0.2, -0.15) is 13.2 Å². The van der Waals surface area contributed by atoms with Gasteiger partial charge in [0.05, 0.1) is 16.5 Å². The van der Waals surface area contributed by atoms with Crippen LogP contribution in [0.5, 0.6) is 0 Å². The largest absolute Gasteiger partial charge is 0.418 e. The van der Waals surface area contributed by atoms with Crippen molar-refractivity contribution in [3.05, 3.63) is 131 Å². The summed E-state index contributed by atoms with van der Waals surface area (Å²) in [4.78, 5) is 39.9. The lowest BCUT2D eigenvalue weighted by Crippen LogP contribution is -2.30. The van der Waals surface area contributed by atoms with E-state index in [-0.39, 0.29) is 11.4 Å². The monoisotopic (exact) mass is 617 g/mol. The van der Waals surface area contributed by atoms with Crippen LogP contribution in [-0.2, 0) is 15.8 Å². The molecule has 4 aromatic carbocycles. The average Bonchev–Trinajstić information content (AvgIpc) is 3.00. The third kappa shape index (κ3) is 8.84. The van der Waals surface area contributed by atoms with Gasteiger partial charge in [-0.25, -0.2) is 0 Å². The number of amides is 3. The van der Waals surface area contributed by atoms with Gasteiger partial charge in [0.2, 0.25) is 5.91 Å². The van der Waals surface area contributed by atoms with Gasteiger partial charge in [0, 0.05) is 16.1 Å². The van der Waals surface area contributed by atoms with E-state index in [4.69, 9.17) is 0 Å². The van der Waals surface area contributed by atoms with Gasteiger partial charge >= 0.3 is 6.18 Å². The second-order valence-corrected chi connectivity index (χ2v) is 11.1. The van der Waals surface area contributed by atoms with Crippen LogP contribution in [0.3, 0.4) is 0 Å². The van der Waals surface area contributed by atoms with E-state index in [2.05, 4.69) is 16.0 Å². The Labute approximate surface area is 257 Å². The molecule has 0 aliphatic rings. The number of rotatable bonds is 10. The number of hydrogen-bond acceptors (Lipinski definition) is 4. The van der Waals surface area contributed by atoms with Crippen molar-refractivity contribution >= 4 is 46.9 Å². The van der Waals surface area contributed by atoms with Gasteiger partial charge in [0.15, 0.2) is 0 Å². The number of hydrogen-bond donors (Lipinski definition) is 3. The van der Waals surface area contributed by atoms with E-state index >= 15 is 0 Å². The lowest BCUT2D eigenvalue weighted by atomic mass is 10.1. The molecule has 226 valence electrons. The third-order valence-corrected chi connectivity index (χ3v) is 7.76. The van der Waals surface area contributed by atoms with Crippen molar-refractivity contribution in [2.45, 2.75) is 36.6 Å². The van der Waals surface area contributed by atoms with Gasteiger partial charge in [-0.05, 0) is 67.4 Å². The second-order valence-electron chi connectivity index (χ2n) is 9.82. The highest BCUT2D eigenvalue weighted by Gasteiger charge is 2.34. The van der Waals surface area contributed by atoms with Crippen LogP contribution in [0.4, 0.5) is 24.5 Å². The zero-order valence-electron chi connectivity index (χ0n) is 23.9. The van der Waals surface area contributed by atoms with Crippen molar-refractivity contribution in [1.29, 1.82) is 0 Å². The van der Waals surface area contributed by atoms with Crippen LogP contribution in [0.1, 0.15) is 40.4 Å². The average molecular weight is 618 g/mol. The molecule has 0 radical (unpaired) electrons. The summed E-state index contributed by atoms with van der Waals surface area (Å²) in [6.45, 7) is 3.68. The predicted molar refractivity (Wildman–Crippen MR) is 168 cm³/mol. The predicted octanol–water partition coefficient (Wildman–Crippen LogP) is 7.93. The Morgan fingerprint density at radius 2 is 1.55 bits per heavy atom. The van der Waals surface area contributed by atoms with Crippen molar-refractivity contribution in [3.63, 3.8) is 0 Å². The van der Waals surface area contributed by atoms with Crippen molar-refractivity contribution in [1.82, 2.24) is 5.32 Å². The maximum atomic E-state index is 13.4. The SMILES string of the molecule is CCC(Sc1cccc(NC(=O)/C(=C\c2cccc(C)c2)NC(=O)c2ccccc2)c1)C(=O)Nc1ccccc1C(F)(F)F. The van der Waals surface area contributed by atoms with Crippen LogP contribution in [0.25, 0.3) is 6.08 Å². The van der Waals surface area contributed by atoms with E-state index in [9.17, 15) is 27.6 Å². The number of nitrogens with one attached hydrogen (secondary N) is 3. The molecule has 0 spiro atoms. The summed E-state index contributed by atoms with van der Waals surface area (Å²) in [5.41, 5.74) is 1.28. The zero-order valence-corrected chi connectivity index (χ0v) is 24.8. The van der Waals surface area contributed by atoms with Gasteiger partial charge in [-0.15, -0.1) is 11.8 Å². The number of aryl methyl sites for hydroxylation is 1. The fourth-order valence-electron chi connectivity index (χ4n) is 4.25. The number of benzene rings is 4. The van der Waals surface area contributed by atoms with Gasteiger partial charge in [-0.3, -0.25) is 14.4 Å². The summed E-state index contributed by atoms with van der Waals surface area (Å²) in [6.07, 6.45) is -2.69. The molecule has 6 nitrogen and oxygen atoms in total. The summed E-state index contributed by atoms with van der Waals surface area (Å²) in [5, 5.41) is 7.21. The van der Waals surface area contributed by atoms with Crippen LogP contribution < -0.4 is 16.0 Å². The van der Waals surface area contributed by atoms with E-state index in [1.54, 1.807) is 67.6 Å². The van der Waals surface area contributed by atoms with Gasteiger partial charge in [-0.1, -0.05) is 73.2 Å². The number of para-hydroxylation sites is 1. The summed E-state index contributed by atoms with van der Waals surface area (Å²) >= 11 is 1.16. The minimum atomic E-state index is -4.61. The molecule has 3 amide bonds. The molecule has 4 aromatic rings. The summed E-state index contributed by atoms with van der Waals surface area (Å²) in [5.74, 6) is -1.59. The molecule has 0 aromatic heterocycles. The normalized spacial score (nSPS) is 12.2. The number of anilines is 2. The molecule has 0 saturated heterocycles. The molecule has 1 atom stereocenters. The minimum absolute atomic E-state index is 0.0247. The van der Waals surface area contributed by atoms with Gasteiger partial charge in [0.1, 0.15) is 5.70 Å². The standard InChI is InChI=1S/C34H30F3N3O3S/c1-3-30(33(43)39-28-18-8-7-17-27(28)34(35,36)37)44-26-16-10-15-25(21-26)38-32(42)29(20-23-12-9-11-22(2)19-23)40-31(41)24-13-5-4-6-14-24/h4-21,30H,3H2,1-2H3,(H,38,42)(H,39,43)(H,40,41)/b29-20+. The molecule has 0 heterocycles. The maximum absolute atomic E-state index is 13.4. The summed E-state index contributed by atoms with van der Waals surface area (Å²) in [7, 11) is 0. The molecule has 0 saturated carbocycles. The first kappa shape index (κ1) is 32.1. The van der Waals surface area contributed by atoms with Crippen LogP contribution in [0, 0.1) is 6.92 Å². The van der Waals surface area contributed by atoms with Gasteiger partial charge in [0.25, 0.3) is 11.8 Å². The number of thioether (sulfide) groups is 1. The third-order valence-electron chi connectivity index (χ3n) is 6.41. The molecule has 3 N–H and O–H groups in total. The number of halogens is 3. The Hall–Kier alpha value is -4.83. The first-order chi connectivity index (χ1) is 21.0. The van der Waals surface area contributed by atoms with Crippen LogP contribution >= 0.6 is 11.8 Å². The topological polar surface area (TPSA) is 87.3 Å². The summed E-state index contributed by atoms with van der Waals surface area (Å²) < 4.78 is 40.2. The van der Waals surface area contributed by atoms with Crippen molar-refractivity contribution in [3.8, 4) is 0 Å². The molecule has 10 heteroatoms. The van der Waals surface area contributed by atoms with E-state index in [1.165, 1.54) is 18.2 Å². The highest BCUT2D eigenvalue weighted by Crippen LogP contribution is 2.35. The van der Waals surface area contributed by atoms with Crippen LogP contribution in [0.15, 0.2) is 114 Å². The molecule has 1 unspecified atom stereocenters. The molecule has 44 heavy (non-hydrogen) atoms. The Morgan fingerprint density at radius 3 is 2.25 bits per heavy atom. The quantitative estimate of drug-likeness (QED) is 0.125. The molecule has 4 rings (SSSR count). The highest BCUT2D eigenvalue weighted by atomic mass is 32.2. The second kappa shape index (κ2) is 14.6.